The van der Waals surface area contributed by atoms with Crippen LogP contribution >= 0.6 is 11.8 Å². The summed E-state index contributed by atoms with van der Waals surface area (Å²) in [4.78, 5) is 27.6. The number of nitrogens with one attached hydrogen (secondary N) is 1. The van der Waals surface area contributed by atoms with Crippen molar-refractivity contribution in [2.45, 2.75) is 37.8 Å². The van der Waals surface area contributed by atoms with E-state index in [1.54, 1.807) is 18.3 Å². The van der Waals surface area contributed by atoms with E-state index in [4.69, 9.17) is 4.74 Å². The van der Waals surface area contributed by atoms with Crippen molar-refractivity contribution in [3.05, 3.63) is 23.9 Å². The first-order valence-electron chi connectivity index (χ1n) is 6.54. The lowest BCUT2D eigenvalue weighted by atomic mass is 10.2. The predicted molar refractivity (Wildman–Crippen MR) is 78.8 cm³/mol. The van der Waals surface area contributed by atoms with Crippen molar-refractivity contribution in [2.24, 2.45) is 0 Å². The van der Waals surface area contributed by atoms with E-state index in [9.17, 15) is 9.59 Å². The Bertz CT molecular complexity index is 465. The first kappa shape index (κ1) is 16.5. The van der Waals surface area contributed by atoms with E-state index in [0.717, 1.165) is 12.8 Å². The molecule has 5 nitrogen and oxygen atoms in total. The summed E-state index contributed by atoms with van der Waals surface area (Å²) in [5, 5.41) is 3.37. The first-order valence-corrected chi connectivity index (χ1v) is 7.76. The number of thioether (sulfide) groups is 1. The Morgan fingerprint density at radius 3 is 2.90 bits per heavy atom. The van der Waals surface area contributed by atoms with Gasteiger partial charge in [0, 0.05) is 12.2 Å². The molecule has 0 aliphatic carbocycles. The second-order valence-electron chi connectivity index (χ2n) is 4.39. The highest BCUT2D eigenvalue weighted by Crippen LogP contribution is 2.17. The fourth-order valence-corrected chi connectivity index (χ4v) is 2.28. The van der Waals surface area contributed by atoms with E-state index in [1.165, 1.54) is 11.8 Å². The maximum Gasteiger partial charge on any atom is 0.341 e. The third-order valence-corrected chi connectivity index (χ3v) is 3.36. The molecule has 1 rings (SSSR count). The molecule has 20 heavy (non-hydrogen) atoms. The molecule has 0 aliphatic rings. The van der Waals surface area contributed by atoms with Gasteiger partial charge in [-0.25, -0.2) is 9.78 Å². The molecule has 0 saturated carbocycles. The lowest BCUT2D eigenvalue weighted by Gasteiger charge is -2.13. The number of carbonyl (C=O) groups is 2. The van der Waals surface area contributed by atoms with E-state index < -0.39 is 5.97 Å². The molecule has 6 heteroatoms. The Hall–Kier alpha value is -1.56. The maximum absolute atomic E-state index is 11.9. The third-order valence-electron chi connectivity index (χ3n) is 2.65. The topological polar surface area (TPSA) is 68.3 Å². The molecule has 0 saturated heterocycles. The summed E-state index contributed by atoms with van der Waals surface area (Å²) in [7, 11) is 0. The van der Waals surface area contributed by atoms with Crippen LogP contribution < -0.4 is 5.32 Å². The molecule has 110 valence electrons. The maximum atomic E-state index is 11.9. The van der Waals surface area contributed by atoms with Gasteiger partial charge in [0.05, 0.1) is 5.56 Å². The van der Waals surface area contributed by atoms with Crippen LogP contribution in [0.15, 0.2) is 23.4 Å². The van der Waals surface area contributed by atoms with E-state index in [2.05, 4.69) is 17.2 Å². The molecule has 0 radical (unpaired) electrons. The Kier molecular flexibility index (Phi) is 7.08. The van der Waals surface area contributed by atoms with E-state index >= 15 is 0 Å². The van der Waals surface area contributed by atoms with E-state index in [0.29, 0.717) is 10.6 Å². The van der Waals surface area contributed by atoms with Crippen molar-refractivity contribution in [3.8, 4) is 0 Å². The Morgan fingerprint density at radius 2 is 2.25 bits per heavy atom. The SMILES string of the molecule is CCCC(C)NC(=O)COC(=O)c1cccnc1SC. The van der Waals surface area contributed by atoms with Gasteiger partial charge in [-0.1, -0.05) is 13.3 Å². The molecule has 0 fully saturated rings. The number of pyridine rings is 1. The smallest absolute Gasteiger partial charge is 0.341 e. The number of hydrogen-bond acceptors (Lipinski definition) is 5. The van der Waals surface area contributed by atoms with Gasteiger partial charge in [0.25, 0.3) is 5.91 Å². The number of nitrogens with zero attached hydrogens (tertiary/aromatic N) is 1. The van der Waals surface area contributed by atoms with Gasteiger partial charge in [-0.15, -0.1) is 11.8 Å². The zero-order valence-corrected chi connectivity index (χ0v) is 12.8. The molecule has 1 unspecified atom stereocenters. The minimum Gasteiger partial charge on any atom is -0.452 e. The van der Waals surface area contributed by atoms with Crippen LogP contribution in [0.25, 0.3) is 0 Å². The Balaban J connectivity index is 2.49. The van der Waals surface area contributed by atoms with Crippen LogP contribution in [0.1, 0.15) is 37.0 Å². The Labute approximate surface area is 123 Å². The van der Waals surface area contributed by atoms with Gasteiger partial charge in [0.2, 0.25) is 0 Å². The average molecular weight is 296 g/mol. The number of ether oxygens (including phenoxy) is 1. The Morgan fingerprint density at radius 1 is 1.50 bits per heavy atom. The van der Waals surface area contributed by atoms with Gasteiger partial charge in [-0.2, -0.15) is 0 Å². The van der Waals surface area contributed by atoms with Crippen LogP contribution in [-0.4, -0.2) is 35.8 Å². The van der Waals surface area contributed by atoms with Crippen molar-refractivity contribution in [1.82, 2.24) is 10.3 Å². The highest BCUT2D eigenvalue weighted by molar-refractivity contribution is 7.98. The molecule has 1 aromatic rings. The van der Waals surface area contributed by atoms with Gasteiger partial charge in [-0.3, -0.25) is 4.79 Å². The lowest BCUT2D eigenvalue weighted by Crippen LogP contribution is -2.35. The fourth-order valence-electron chi connectivity index (χ4n) is 1.74. The predicted octanol–water partition coefficient (Wildman–Crippen LogP) is 2.27. The number of amides is 1. The molecule has 1 amide bonds. The van der Waals surface area contributed by atoms with Gasteiger partial charge < -0.3 is 10.1 Å². The number of rotatable bonds is 7. The van der Waals surface area contributed by atoms with Crippen molar-refractivity contribution in [2.75, 3.05) is 12.9 Å². The van der Waals surface area contributed by atoms with Crippen molar-refractivity contribution in [3.63, 3.8) is 0 Å². The molecule has 0 spiro atoms. The van der Waals surface area contributed by atoms with Crippen LogP contribution in [0.5, 0.6) is 0 Å². The number of aromatic nitrogens is 1. The van der Waals surface area contributed by atoms with Crippen LogP contribution in [0.3, 0.4) is 0 Å². The number of esters is 1. The summed E-state index contributed by atoms with van der Waals surface area (Å²) in [6, 6.07) is 3.39. The van der Waals surface area contributed by atoms with Gasteiger partial charge in [0.1, 0.15) is 5.03 Å². The summed E-state index contributed by atoms with van der Waals surface area (Å²) < 4.78 is 5.01. The number of carbonyl (C=O) groups excluding carboxylic acids is 2. The average Bonchev–Trinajstić information content (AvgIpc) is 2.44. The molecular weight excluding hydrogens is 276 g/mol. The molecule has 1 N–H and O–H groups in total. The highest BCUT2D eigenvalue weighted by atomic mass is 32.2. The van der Waals surface area contributed by atoms with Crippen LogP contribution in [0.2, 0.25) is 0 Å². The lowest BCUT2D eigenvalue weighted by molar-refractivity contribution is -0.124. The molecular formula is C14H20N2O3S. The summed E-state index contributed by atoms with van der Waals surface area (Å²) in [5.74, 6) is -0.811. The number of hydrogen-bond donors (Lipinski definition) is 1. The van der Waals surface area contributed by atoms with Crippen molar-refractivity contribution >= 4 is 23.6 Å². The third kappa shape index (κ3) is 5.21. The van der Waals surface area contributed by atoms with Crippen molar-refractivity contribution in [1.29, 1.82) is 0 Å². The standard InChI is InChI=1S/C14H20N2O3S/c1-4-6-10(2)16-12(17)9-19-14(18)11-7-5-8-15-13(11)20-3/h5,7-8,10H,4,6,9H2,1-3H3,(H,16,17). The molecule has 0 aromatic carbocycles. The zero-order chi connectivity index (χ0) is 15.0. The fraction of sp³-hybridized carbons (Fsp3) is 0.500. The summed E-state index contributed by atoms with van der Waals surface area (Å²) in [6.45, 7) is 3.71. The minimum absolute atomic E-state index is 0.0892. The van der Waals surface area contributed by atoms with Crippen LogP contribution in [0, 0.1) is 0 Å². The second-order valence-corrected chi connectivity index (χ2v) is 5.19. The molecule has 0 aliphatic heterocycles. The van der Waals surface area contributed by atoms with Gasteiger partial charge in [0.15, 0.2) is 6.61 Å². The quantitative estimate of drug-likeness (QED) is 0.617. The minimum atomic E-state index is -0.527. The molecule has 1 atom stereocenters. The summed E-state index contributed by atoms with van der Waals surface area (Å²) in [6.07, 6.45) is 5.34. The summed E-state index contributed by atoms with van der Waals surface area (Å²) >= 11 is 1.36. The molecule has 0 bridgehead atoms. The first-order chi connectivity index (χ1) is 9.58. The second kappa shape index (κ2) is 8.58. The van der Waals surface area contributed by atoms with Gasteiger partial charge in [-0.05, 0) is 31.7 Å². The van der Waals surface area contributed by atoms with Crippen molar-refractivity contribution < 1.29 is 14.3 Å². The largest absolute Gasteiger partial charge is 0.452 e. The van der Waals surface area contributed by atoms with Gasteiger partial charge >= 0.3 is 5.97 Å². The monoisotopic (exact) mass is 296 g/mol. The van der Waals surface area contributed by atoms with E-state index in [1.807, 2.05) is 13.2 Å². The van der Waals surface area contributed by atoms with E-state index in [-0.39, 0.29) is 18.6 Å². The van der Waals surface area contributed by atoms with Crippen LogP contribution in [-0.2, 0) is 9.53 Å². The highest BCUT2D eigenvalue weighted by Gasteiger charge is 2.15. The molecule has 1 aromatic heterocycles. The summed E-state index contributed by atoms with van der Waals surface area (Å²) in [5.41, 5.74) is 0.384. The normalized spacial score (nSPS) is 11.8. The zero-order valence-electron chi connectivity index (χ0n) is 12.0. The molecule has 1 heterocycles. The van der Waals surface area contributed by atoms with Crippen LogP contribution in [0.4, 0.5) is 0 Å².